The Bertz CT molecular complexity index is 693. The van der Waals surface area contributed by atoms with Crippen molar-refractivity contribution < 1.29 is 26.2 Å². The van der Waals surface area contributed by atoms with Gasteiger partial charge in [-0.15, -0.1) is 11.4 Å². The molecule has 0 radical (unpaired) electrons. The van der Waals surface area contributed by atoms with Gasteiger partial charge in [-0.05, 0) is 16.5 Å². The van der Waals surface area contributed by atoms with E-state index in [2.05, 4.69) is 99.1 Å². The summed E-state index contributed by atoms with van der Waals surface area (Å²) in [6, 6.07) is 23.6. The fourth-order valence-corrected chi connectivity index (χ4v) is 10.1. The Kier molecular flexibility index (Phi) is 12.7. The first-order valence-corrected chi connectivity index (χ1v) is 17.8. The molecule has 0 aliphatic heterocycles. The van der Waals surface area contributed by atoms with Crippen LogP contribution in [0.1, 0.15) is 19.8 Å². The third kappa shape index (κ3) is 10.1. The molecule has 0 spiro atoms. The van der Waals surface area contributed by atoms with Crippen LogP contribution in [0.5, 0.6) is 0 Å². The van der Waals surface area contributed by atoms with Crippen LogP contribution in [-0.2, 0) is 26.2 Å². The van der Waals surface area contributed by atoms with E-state index in [1.165, 1.54) is 24.9 Å². The molecule has 2 unspecified atom stereocenters. The van der Waals surface area contributed by atoms with E-state index in [-0.39, 0.29) is 26.2 Å². The number of hydrogen-bond donors (Lipinski definition) is 0. The molecule has 2 aromatic rings. The molecule has 32 heavy (non-hydrogen) atoms. The Morgan fingerprint density at radius 2 is 1.03 bits per heavy atom. The SMILES string of the molecule is C[C-]1C(C[Si](C)(C)[N-]c2ccccc2)CCC1C[Si](C)(C)[N-]c1ccccc1.C[N-]C.[Zr+4]. The molecular formula is C26H41N3Si2Zr. The molecule has 1 saturated carbocycles. The fraction of sp³-hybridized carbons (Fsp3) is 0.500. The molecular weight excluding hydrogens is 502 g/mol. The monoisotopic (exact) mass is 541 g/mol. The summed E-state index contributed by atoms with van der Waals surface area (Å²) in [4.78, 5) is 10.3. The summed E-state index contributed by atoms with van der Waals surface area (Å²) in [7, 11) is 0.284. The molecule has 0 aromatic heterocycles. The molecule has 1 aliphatic rings. The van der Waals surface area contributed by atoms with Crippen LogP contribution in [0.25, 0.3) is 15.3 Å². The van der Waals surface area contributed by atoms with Gasteiger partial charge in [0.25, 0.3) is 0 Å². The third-order valence-corrected chi connectivity index (χ3v) is 10.7. The van der Waals surface area contributed by atoms with Crippen molar-refractivity contribution in [2.24, 2.45) is 11.8 Å². The van der Waals surface area contributed by atoms with Crippen LogP contribution in [0, 0.1) is 17.8 Å². The topological polar surface area (TPSA) is 42.3 Å². The molecule has 172 valence electrons. The second-order valence-electron chi connectivity index (χ2n) is 10.1. The standard InChI is InChI=1S/C24H35N2Si2.C2H6N.Zr/c1-20-21(18-27(2,3)25-23-12-8-6-9-13-23)16-17-22(20)19-28(4,5)26-24-14-10-7-11-15-24;1-3-2;/h6-15,21-22H,16-19H2,1-5H3;1-2H3;/q-3;-1;+4. The molecule has 0 saturated heterocycles. The molecule has 2 atom stereocenters. The maximum atomic E-state index is 5.16. The Morgan fingerprint density at radius 1 is 0.719 bits per heavy atom. The normalized spacial score (nSPS) is 18.8. The van der Waals surface area contributed by atoms with Crippen molar-refractivity contribution in [3.8, 4) is 0 Å². The average Bonchev–Trinajstić information content (AvgIpc) is 3.01. The van der Waals surface area contributed by atoms with Crippen molar-refractivity contribution in [2.45, 2.75) is 58.0 Å². The van der Waals surface area contributed by atoms with Crippen molar-refractivity contribution in [3.63, 3.8) is 0 Å². The van der Waals surface area contributed by atoms with Gasteiger partial charge in [-0.2, -0.15) is 32.9 Å². The maximum absolute atomic E-state index is 5.16. The van der Waals surface area contributed by atoms with E-state index in [4.69, 9.17) is 9.96 Å². The largest absolute Gasteiger partial charge is 4.00 e. The van der Waals surface area contributed by atoms with Gasteiger partial charge < -0.3 is 21.2 Å². The first-order valence-electron chi connectivity index (χ1n) is 11.5. The number of rotatable bonds is 8. The van der Waals surface area contributed by atoms with E-state index in [9.17, 15) is 0 Å². The summed E-state index contributed by atoms with van der Waals surface area (Å²) in [5.74, 6) is 3.23. The summed E-state index contributed by atoms with van der Waals surface area (Å²) >= 11 is 0. The minimum Gasteiger partial charge on any atom is -0.687 e. The predicted molar refractivity (Wildman–Crippen MR) is 144 cm³/mol. The van der Waals surface area contributed by atoms with Crippen molar-refractivity contribution >= 4 is 27.8 Å². The summed E-state index contributed by atoms with van der Waals surface area (Å²) < 4.78 is 0. The third-order valence-electron chi connectivity index (χ3n) is 6.02. The minimum atomic E-state index is -1.61. The smallest absolute Gasteiger partial charge is 0.687 e. The summed E-state index contributed by atoms with van der Waals surface area (Å²) in [5, 5.41) is 3.50. The van der Waals surface area contributed by atoms with Gasteiger partial charge in [-0.25, -0.2) is 0 Å². The fourth-order valence-electron chi connectivity index (χ4n) is 4.72. The Labute approximate surface area is 218 Å². The molecule has 6 heteroatoms. The van der Waals surface area contributed by atoms with Gasteiger partial charge in [0, 0.05) is 0 Å². The molecule has 2 aromatic carbocycles. The zero-order valence-electron chi connectivity index (χ0n) is 21.1. The van der Waals surface area contributed by atoms with Crippen LogP contribution in [0.2, 0.25) is 38.3 Å². The molecule has 3 nitrogen and oxygen atoms in total. The van der Waals surface area contributed by atoms with Gasteiger partial charge in [0.1, 0.15) is 0 Å². The molecule has 1 fully saturated rings. The van der Waals surface area contributed by atoms with Crippen molar-refractivity contribution in [3.05, 3.63) is 81.9 Å². The molecule has 1 aliphatic carbocycles. The van der Waals surface area contributed by atoms with Gasteiger partial charge in [0.15, 0.2) is 0 Å². The minimum absolute atomic E-state index is 0. The van der Waals surface area contributed by atoms with Gasteiger partial charge in [-0.1, -0.05) is 112 Å². The summed E-state index contributed by atoms with van der Waals surface area (Å²) in [5.41, 5.74) is 2.31. The van der Waals surface area contributed by atoms with Crippen LogP contribution in [0.4, 0.5) is 11.4 Å². The van der Waals surface area contributed by atoms with Gasteiger partial charge in [0.2, 0.25) is 0 Å². The van der Waals surface area contributed by atoms with E-state index >= 15 is 0 Å². The van der Waals surface area contributed by atoms with Crippen LogP contribution in [0.15, 0.2) is 60.7 Å². The van der Waals surface area contributed by atoms with Crippen LogP contribution in [-0.4, -0.2) is 30.6 Å². The first kappa shape index (κ1) is 29.3. The van der Waals surface area contributed by atoms with Gasteiger partial charge in [0.05, 0.1) is 0 Å². The Morgan fingerprint density at radius 3 is 1.34 bits per heavy atom. The first-order chi connectivity index (χ1) is 14.7. The number of nitrogens with zero attached hydrogens (tertiary/aromatic N) is 3. The number of benzene rings is 2. The molecule has 0 N–H and O–H groups in total. The van der Waals surface area contributed by atoms with Crippen molar-refractivity contribution in [1.82, 2.24) is 0 Å². The molecule has 0 bridgehead atoms. The van der Waals surface area contributed by atoms with E-state index < -0.39 is 16.5 Å². The zero-order valence-corrected chi connectivity index (χ0v) is 25.6. The van der Waals surface area contributed by atoms with E-state index in [0.717, 1.165) is 23.2 Å². The molecule has 3 rings (SSSR count). The average molecular weight is 543 g/mol. The summed E-state index contributed by atoms with van der Waals surface area (Å²) in [6.45, 7) is 12.1. The second-order valence-corrected chi connectivity index (χ2v) is 18.6. The van der Waals surface area contributed by atoms with Crippen LogP contribution < -0.4 is 0 Å². The molecule has 0 heterocycles. The predicted octanol–water partition coefficient (Wildman–Crippen LogP) is 9.05. The van der Waals surface area contributed by atoms with Crippen molar-refractivity contribution in [1.29, 1.82) is 0 Å². The van der Waals surface area contributed by atoms with Gasteiger partial charge in [-0.3, -0.25) is 0 Å². The Hall–Kier alpha value is -0.683. The number of hydrogen-bond acceptors (Lipinski definition) is 0. The summed E-state index contributed by atoms with van der Waals surface area (Å²) in [6.07, 6.45) is 2.68. The quantitative estimate of drug-likeness (QED) is 0.236. The van der Waals surface area contributed by atoms with Gasteiger partial charge >= 0.3 is 26.2 Å². The van der Waals surface area contributed by atoms with E-state index in [1.807, 2.05) is 0 Å². The molecule has 0 amide bonds. The maximum Gasteiger partial charge on any atom is 4.00 e. The Balaban J connectivity index is 0.00000121. The van der Waals surface area contributed by atoms with E-state index in [0.29, 0.717) is 0 Å². The van der Waals surface area contributed by atoms with Crippen molar-refractivity contribution in [2.75, 3.05) is 14.1 Å². The second kappa shape index (κ2) is 13.9. The van der Waals surface area contributed by atoms with Crippen LogP contribution in [0.3, 0.4) is 0 Å². The zero-order chi connectivity index (χ0) is 22.9. The van der Waals surface area contributed by atoms with Crippen LogP contribution >= 0.6 is 0 Å². The van der Waals surface area contributed by atoms with E-state index in [1.54, 1.807) is 20.0 Å².